The zero-order valence-corrected chi connectivity index (χ0v) is 7.58. The van der Waals surface area contributed by atoms with Crippen molar-refractivity contribution in [2.24, 2.45) is 0 Å². The van der Waals surface area contributed by atoms with Crippen molar-refractivity contribution in [3.05, 3.63) is 0 Å². The van der Waals surface area contributed by atoms with Gasteiger partial charge in [0.2, 0.25) is 0 Å². The molecule has 1 N–H and O–H groups in total. The summed E-state index contributed by atoms with van der Waals surface area (Å²) in [6, 6.07) is 0.440. The van der Waals surface area contributed by atoms with Gasteiger partial charge in [0, 0.05) is 6.04 Å². The Morgan fingerprint density at radius 3 is 2.64 bits per heavy atom. The Morgan fingerprint density at radius 1 is 1.45 bits per heavy atom. The molecule has 1 saturated carbocycles. The van der Waals surface area contributed by atoms with E-state index in [1.54, 1.807) is 0 Å². The highest BCUT2D eigenvalue weighted by atomic mass is 16.3. The maximum absolute atomic E-state index is 9.54. The van der Waals surface area contributed by atoms with Gasteiger partial charge in [-0.15, -0.1) is 0 Å². The molecule has 0 aliphatic heterocycles. The van der Waals surface area contributed by atoms with Crippen molar-refractivity contribution in [2.45, 2.75) is 44.8 Å². The number of rotatable bonds is 3. The van der Waals surface area contributed by atoms with Gasteiger partial charge in [-0.3, -0.25) is 0 Å². The first-order chi connectivity index (χ1) is 5.25. The van der Waals surface area contributed by atoms with Gasteiger partial charge in [-0.05, 0) is 39.3 Å². The van der Waals surface area contributed by atoms with Gasteiger partial charge in [0.05, 0.1) is 6.10 Å². The summed E-state index contributed by atoms with van der Waals surface area (Å²) in [7, 11) is 2.11. The van der Waals surface area contributed by atoms with Crippen LogP contribution in [-0.2, 0) is 0 Å². The summed E-state index contributed by atoms with van der Waals surface area (Å²) < 4.78 is 0. The fraction of sp³-hybridized carbons (Fsp3) is 1.00. The first-order valence-corrected chi connectivity index (χ1v) is 4.64. The van der Waals surface area contributed by atoms with E-state index in [0.717, 1.165) is 13.0 Å². The van der Waals surface area contributed by atoms with E-state index in [4.69, 9.17) is 0 Å². The topological polar surface area (TPSA) is 23.5 Å². The third-order valence-electron chi connectivity index (χ3n) is 2.59. The van der Waals surface area contributed by atoms with Gasteiger partial charge >= 0.3 is 0 Å². The lowest BCUT2D eigenvalue weighted by molar-refractivity contribution is 0.0864. The lowest BCUT2D eigenvalue weighted by atomic mass is 10.2. The Bertz CT molecular complexity index is 116. The second-order valence-electron chi connectivity index (χ2n) is 3.55. The Balaban J connectivity index is 2.33. The second-order valence-corrected chi connectivity index (χ2v) is 3.55. The maximum atomic E-state index is 9.54. The summed E-state index contributed by atoms with van der Waals surface area (Å²) in [5.41, 5.74) is 0. The van der Waals surface area contributed by atoms with E-state index in [2.05, 4.69) is 18.9 Å². The van der Waals surface area contributed by atoms with Crippen LogP contribution in [0.5, 0.6) is 0 Å². The first-order valence-electron chi connectivity index (χ1n) is 4.64. The van der Waals surface area contributed by atoms with E-state index in [0.29, 0.717) is 6.04 Å². The lowest BCUT2D eigenvalue weighted by Gasteiger charge is -2.26. The maximum Gasteiger partial charge on any atom is 0.0695 e. The summed E-state index contributed by atoms with van der Waals surface area (Å²) >= 11 is 0. The van der Waals surface area contributed by atoms with Crippen LogP contribution in [0.15, 0.2) is 0 Å². The van der Waals surface area contributed by atoms with E-state index in [9.17, 15) is 5.11 Å². The van der Waals surface area contributed by atoms with Gasteiger partial charge in [0.25, 0.3) is 0 Å². The van der Waals surface area contributed by atoms with Crippen molar-refractivity contribution in [2.75, 3.05) is 13.6 Å². The fourth-order valence-corrected chi connectivity index (χ4v) is 1.95. The minimum atomic E-state index is -0.0634. The Hall–Kier alpha value is -0.0800. The molecule has 0 unspecified atom stereocenters. The van der Waals surface area contributed by atoms with Gasteiger partial charge in [-0.2, -0.15) is 0 Å². The second kappa shape index (κ2) is 4.07. The smallest absolute Gasteiger partial charge is 0.0695 e. The molecule has 0 radical (unpaired) electrons. The van der Waals surface area contributed by atoms with Crippen molar-refractivity contribution in [1.82, 2.24) is 4.90 Å². The monoisotopic (exact) mass is 157 g/mol. The Morgan fingerprint density at radius 2 is 2.18 bits per heavy atom. The highest BCUT2D eigenvalue weighted by Crippen LogP contribution is 2.22. The van der Waals surface area contributed by atoms with Crippen LogP contribution in [0.2, 0.25) is 0 Å². The molecule has 2 nitrogen and oxygen atoms in total. The molecule has 11 heavy (non-hydrogen) atoms. The van der Waals surface area contributed by atoms with Crippen molar-refractivity contribution in [1.29, 1.82) is 0 Å². The zero-order valence-electron chi connectivity index (χ0n) is 7.58. The quantitative estimate of drug-likeness (QED) is 0.666. The fourth-order valence-electron chi connectivity index (χ4n) is 1.95. The molecule has 0 bridgehead atoms. The van der Waals surface area contributed by atoms with Crippen LogP contribution in [0.25, 0.3) is 0 Å². The van der Waals surface area contributed by atoms with Crippen LogP contribution >= 0.6 is 0 Å². The zero-order chi connectivity index (χ0) is 8.27. The van der Waals surface area contributed by atoms with Crippen molar-refractivity contribution >= 4 is 0 Å². The highest BCUT2D eigenvalue weighted by Gasteiger charge is 2.27. The summed E-state index contributed by atoms with van der Waals surface area (Å²) in [6.45, 7) is 3.29. The minimum Gasteiger partial charge on any atom is -0.391 e. The van der Waals surface area contributed by atoms with Crippen LogP contribution in [0.3, 0.4) is 0 Å². The van der Waals surface area contributed by atoms with Crippen molar-refractivity contribution in [3.8, 4) is 0 Å². The molecule has 0 saturated heterocycles. The average Bonchev–Trinajstić information content (AvgIpc) is 2.36. The SMILES string of the molecule is CCCN(C)[C@@H]1CCC[C@H]1O. The molecular formula is C9H19NO. The molecular weight excluding hydrogens is 138 g/mol. The number of nitrogens with zero attached hydrogens (tertiary/aromatic N) is 1. The Labute approximate surface area is 69.2 Å². The number of hydrogen-bond donors (Lipinski definition) is 1. The van der Waals surface area contributed by atoms with E-state index >= 15 is 0 Å². The number of hydrogen-bond acceptors (Lipinski definition) is 2. The molecule has 0 heterocycles. The van der Waals surface area contributed by atoms with Crippen LogP contribution in [0, 0.1) is 0 Å². The molecule has 66 valence electrons. The largest absolute Gasteiger partial charge is 0.391 e. The van der Waals surface area contributed by atoms with Gasteiger partial charge in [0.15, 0.2) is 0 Å². The minimum absolute atomic E-state index is 0.0634. The van der Waals surface area contributed by atoms with Crippen molar-refractivity contribution < 1.29 is 5.11 Å². The van der Waals surface area contributed by atoms with Gasteiger partial charge in [0.1, 0.15) is 0 Å². The highest BCUT2D eigenvalue weighted by molar-refractivity contribution is 4.83. The third kappa shape index (κ3) is 2.17. The molecule has 0 spiro atoms. The van der Waals surface area contributed by atoms with E-state index < -0.39 is 0 Å². The molecule has 1 fully saturated rings. The molecule has 1 aliphatic rings. The molecule has 0 amide bonds. The summed E-state index contributed by atoms with van der Waals surface area (Å²) in [5, 5.41) is 9.54. The molecule has 1 rings (SSSR count). The van der Waals surface area contributed by atoms with Crippen molar-refractivity contribution in [3.63, 3.8) is 0 Å². The van der Waals surface area contributed by atoms with Crippen LogP contribution < -0.4 is 0 Å². The van der Waals surface area contributed by atoms with Crippen LogP contribution in [0.1, 0.15) is 32.6 Å². The molecule has 0 aromatic rings. The molecule has 1 aliphatic carbocycles. The normalized spacial score (nSPS) is 31.6. The first kappa shape index (κ1) is 9.01. The standard InChI is InChI=1S/C9H19NO/c1-3-7-10(2)8-5-4-6-9(8)11/h8-9,11H,3-7H2,1-2H3/t8-,9-/m1/s1. The van der Waals surface area contributed by atoms with Gasteiger partial charge < -0.3 is 10.0 Å². The summed E-state index contributed by atoms with van der Waals surface area (Å²) in [6.07, 6.45) is 4.49. The predicted octanol–water partition coefficient (Wildman–Crippen LogP) is 1.24. The van der Waals surface area contributed by atoms with E-state index in [1.165, 1.54) is 19.3 Å². The summed E-state index contributed by atoms with van der Waals surface area (Å²) in [5.74, 6) is 0. The van der Waals surface area contributed by atoms with E-state index in [-0.39, 0.29) is 6.10 Å². The van der Waals surface area contributed by atoms with Crippen LogP contribution in [0.4, 0.5) is 0 Å². The average molecular weight is 157 g/mol. The number of aliphatic hydroxyl groups is 1. The molecule has 2 heteroatoms. The van der Waals surface area contributed by atoms with Gasteiger partial charge in [-0.1, -0.05) is 6.92 Å². The predicted molar refractivity (Wildman–Crippen MR) is 46.6 cm³/mol. The Kier molecular flexibility index (Phi) is 3.34. The van der Waals surface area contributed by atoms with Gasteiger partial charge in [-0.25, -0.2) is 0 Å². The molecule has 0 aromatic carbocycles. The summed E-state index contributed by atoms with van der Waals surface area (Å²) in [4.78, 5) is 2.29. The number of aliphatic hydroxyl groups excluding tert-OH is 1. The third-order valence-corrected chi connectivity index (χ3v) is 2.59. The van der Waals surface area contributed by atoms with Crippen LogP contribution in [-0.4, -0.2) is 35.7 Å². The molecule has 2 atom stereocenters. The van der Waals surface area contributed by atoms with E-state index in [1.807, 2.05) is 0 Å². The lowest BCUT2D eigenvalue weighted by Crippen LogP contribution is -2.37. The number of likely N-dealkylation sites (N-methyl/N-ethyl adjacent to an activating group) is 1. The molecule has 0 aromatic heterocycles.